The van der Waals surface area contributed by atoms with Gasteiger partial charge >= 0.3 is 0 Å². The predicted octanol–water partition coefficient (Wildman–Crippen LogP) is 2.72. The van der Waals surface area contributed by atoms with Gasteiger partial charge in [0.25, 0.3) is 5.91 Å². The van der Waals surface area contributed by atoms with Gasteiger partial charge < -0.3 is 19.3 Å². The Labute approximate surface area is 177 Å². The zero-order chi connectivity index (χ0) is 21.1. The third-order valence-electron chi connectivity index (χ3n) is 6.17. The second kappa shape index (κ2) is 8.88. The molecule has 6 nitrogen and oxygen atoms in total. The number of amides is 2. The van der Waals surface area contributed by atoms with Gasteiger partial charge in [-0.1, -0.05) is 30.3 Å². The molecule has 6 heteroatoms. The molecule has 0 spiro atoms. The molecule has 2 saturated heterocycles. The van der Waals surface area contributed by atoms with Crippen molar-refractivity contribution >= 4 is 11.8 Å². The predicted molar refractivity (Wildman–Crippen MR) is 114 cm³/mol. The molecule has 0 unspecified atom stereocenters. The van der Waals surface area contributed by atoms with Crippen LogP contribution in [-0.2, 0) is 9.53 Å². The van der Waals surface area contributed by atoms with Crippen molar-refractivity contribution in [1.82, 2.24) is 9.80 Å². The lowest BCUT2D eigenvalue weighted by atomic mass is 9.88. The molecule has 2 amide bonds. The molecule has 4 rings (SSSR count). The minimum absolute atomic E-state index is 0.0103. The van der Waals surface area contributed by atoms with Crippen LogP contribution in [0.2, 0.25) is 0 Å². The molecule has 0 saturated carbocycles. The number of rotatable bonds is 4. The first-order valence-electron chi connectivity index (χ1n) is 10.4. The van der Waals surface area contributed by atoms with Crippen molar-refractivity contribution in [2.75, 3.05) is 46.5 Å². The maximum Gasteiger partial charge on any atom is 0.254 e. The summed E-state index contributed by atoms with van der Waals surface area (Å²) in [5.41, 5.74) is 2.71. The fourth-order valence-electron chi connectivity index (χ4n) is 4.41. The Bertz CT molecular complexity index is 906. The summed E-state index contributed by atoms with van der Waals surface area (Å²) >= 11 is 0. The summed E-state index contributed by atoms with van der Waals surface area (Å²) in [5, 5.41) is 0. The van der Waals surface area contributed by atoms with E-state index in [1.165, 1.54) is 0 Å². The fourth-order valence-corrected chi connectivity index (χ4v) is 4.41. The summed E-state index contributed by atoms with van der Waals surface area (Å²) in [6.45, 7) is 5.25. The first kappa shape index (κ1) is 20.4. The lowest BCUT2D eigenvalue weighted by molar-refractivity contribution is -0.139. The topological polar surface area (TPSA) is 59.1 Å². The molecule has 0 bridgehead atoms. The van der Waals surface area contributed by atoms with Crippen molar-refractivity contribution in [1.29, 1.82) is 0 Å². The van der Waals surface area contributed by atoms with Crippen molar-refractivity contribution in [2.45, 2.75) is 12.8 Å². The molecule has 0 aliphatic carbocycles. The molecule has 2 atom stereocenters. The van der Waals surface area contributed by atoms with Crippen LogP contribution in [0.1, 0.15) is 27.4 Å². The number of hydrogen-bond acceptors (Lipinski definition) is 4. The highest BCUT2D eigenvalue weighted by Crippen LogP contribution is 2.36. The maximum atomic E-state index is 13.4. The molecule has 158 valence electrons. The van der Waals surface area contributed by atoms with Crippen molar-refractivity contribution in [3.05, 3.63) is 65.2 Å². The molecule has 2 aromatic rings. The lowest BCUT2D eigenvalue weighted by Crippen LogP contribution is -2.45. The van der Waals surface area contributed by atoms with Crippen LogP contribution >= 0.6 is 0 Å². The molecule has 2 heterocycles. The Morgan fingerprint density at radius 1 is 0.967 bits per heavy atom. The molecule has 0 aromatic heterocycles. The van der Waals surface area contributed by atoms with E-state index in [9.17, 15) is 9.59 Å². The number of carbonyl (C=O) groups excluding carboxylic acids is 2. The fraction of sp³-hybridized carbons (Fsp3) is 0.417. The van der Waals surface area contributed by atoms with Crippen LogP contribution in [0.25, 0.3) is 0 Å². The number of nitrogens with zero attached hydrogens (tertiary/aromatic N) is 2. The maximum absolute atomic E-state index is 13.4. The van der Waals surface area contributed by atoms with Gasteiger partial charge in [-0.3, -0.25) is 9.59 Å². The summed E-state index contributed by atoms with van der Waals surface area (Å²) < 4.78 is 10.7. The number of aryl methyl sites for hydroxylation is 1. The Morgan fingerprint density at radius 2 is 1.67 bits per heavy atom. The van der Waals surface area contributed by atoms with Crippen molar-refractivity contribution < 1.29 is 19.1 Å². The average Bonchev–Trinajstić information content (AvgIpc) is 3.24. The van der Waals surface area contributed by atoms with E-state index in [1.54, 1.807) is 7.11 Å². The first-order valence-corrected chi connectivity index (χ1v) is 10.4. The van der Waals surface area contributed by atoms with Crippen molar-refractivity contribution in [3.8, 4) is 5.75 Å². The molecular weight excluding hydrogens is 380 g/mol. The van der Waals surface area contributed by atoms with Crippen LogP contribution in [0.4, 0.5) is 0 Å². The van der Waals surface area contributed by atoms with Crippen LogP contribution in [0.15, 0.2) is 48.5 Å². The van der Waals surface area contributed by atoms with E-state index in [-0.39, 0.29) is 23.7 Å². The van der Waals surface area contributed by atoms with E-state index in [1.807, 2.05) is 65.3 Å². The summed E-state index contributed by atoms with van der Waals surface area (Å²) in [5.74, 6) is 0.576. The quantitative estimate of drug-likeness (QED) is 0.781. The normalized spacial score (nSPS) is 21.5. The lowest BCUT2D eigenvalue weighted by Gasteiger charge is -2.30. The number of methoxy groups -OCH3 is 1. The zero-order valence-electron chi connectivity index (χ0n) is 17.5. The molecule has 2 aliphatic heterocycles. The number of ether oxygens (including phenoxy) is 2. The van der Waals surface area contributed by atoms with Crippen LogP contribution in [0.5, 0.6) is 5.75 Å². The standard InChI is InChI=1S/C24H28N2O4/c1-17-5-3-4-6-20(17)23(27)26-15-21(18-7-9-19(29-2)10-8-18)22(16-26)24(28)25-11-13-30-14-12-25/h3-10,21-22H,11-16H2,1-2H3/t21-,22-/m0/s1. The van der Waals surface area contributed by atoms with Crippen molar-refractivity contribution in [3.63, 3.8) is 0 Å². The molecule has 2 aliphatic rings. The smallest absolute Gasteiger partial charge is 0.254 e. The largest absolute Gasteiger partial charge is 0.497 e. The summed E-state index contributed by atoms with van der Waals surface area (Å²) in [7, 11) is 1.64. The molecule has 0 N–H and O–H groups in total. The second-order valence-electron chi connectivity index (χ2n) is 7.95. The van der Waals surface area contributed by atoms with Gasteiger partial charge in [0.05, 0.1) is 26.2 Å². The first-order chi connectivity index (χ1) is 14.6. The molecule has 2 fully saturated rings. The molecular formula is C24H28N2O4. The average molecular weight is 408 g/mol. The van der Waals surface area contributed by atoms with Gasteiger partial charge in [-0.05, 0) is 36.2 Å². The van der Waals surface area contributed by atoms with E-state index in [2.05, 4.69) is 0 Å². The van der Waals surface area contributed by atoms with Crippen LogP contribution in [0, 0.1) is 12.8 Å². The SMILES string of the molecule is COc1ccc([C@@H]2CN(C(=O)c3ccccc3C)C[C@@H]2C(=O)N2CCOCC2)cc1. The molecule has 30 heavy (non-hydrogen) atoms. The number of hydrogen-bond donors (Lipinski definition) is 0. The van der Waals surface area contributed by atoms with Crippen LogP contribution in [0.3, 0.4) is 0 Å². The monoisotopic (exact) mass is 408 g/mol. The summed E-state index contributed by atoms with van der Waals surface area (Å²) in [6, 6.07) is 15.5. The number of benzene rings is 2. The molecule has 2 aromatic carbocycles. The van der Waals surface area contributed by atoms with Gasteiger partial charge in [-0.2, -0.15) is 0 Å². The Balaban J connectivity index is 1.61. The van der Waals surface area contributed by atoms with Gasteiger partial charge in [0.1, 0.15) is 5.75 Å². The highest BCUT2D eigenvalue weighted by atomic mass is 16.5. The van der Waals surface area contributed by atoms with Gasteiger partial charge in [0, 0.05) is 37.7 Å². The molecule has 0 radical (unpaired) electrons. The van der Waals surface area contributed by atoms with E-state index in [4.69, 9.17) is 9.47 Å². The summed E-state index contributed by atoms with van der Waals surface area (Å²) in [4.78, 5) is 30.4. The van der Waals surface area contributed by atoms with Crippen LogP contribution in [-0.4, -0.2) is 68.1 Å². The van der Waals surface area contributed by atoms with Gasteiger partial charge in [0.2, 0.25) is 5.91 Å². The van der Waals surface area contributed by atoms with Crippen LogP contribution < -0.4 is 4.74 Å². The highest BCUT2D eigenvalue weighted by molar-refractivity contribution is 5.96. The second-order valence-corrected chi connectivity index (χ2v) is 7.95. The number of carbonyl (C=O) groups is 2. The van der Waals surface area contributed by atoms with Crippen molar-refractivity contribution in [2.24, 2.45) is 5.92 Å². The van der Waals surface area contributed by atoms with E-state index < -0.39 is 0 Å². The van der Waals surface area contributed by atoms with E-state index in [0.29, 0.717) is 45.0 Å². The number of likely N-dealkylation sites (tertiary alicyclic amines) is 1. The zero-order valence-corrected chi connectivity index (χ0v) is 17.5. The minimum atomic E-state index is -0.260. The van der Waals surface area contributed by atoms with E-state index in [0.717, 1.165) is 16.9 Å². The Kier molecular flexibility index (Phi) is 6.04. The highest BCUT2D eigenvalue weighted by Gasteiger charge is 2.42. The minimum Gasteiger partial charge on any atom is -0.497 e. The third kappa shape index (κ3) is 4.05. The number of morpholine rings is 1. The van der Waals surface area contributed by atoms with E-state index >= 15 is 0 Å². The summed E-state index contributed by atoms with van der Waals surface area (Å²) in [6.07, 6.45) is 0. The Morgan fingerprint density at radius 3 is 2.33 bits per heavy atom. The van der Waals surface area contributed by atoms with Gasteiger partial charge in [-0.25, -0.2) is 0 Å². The van der Waals surface area contributed by atoms with Gasteiger partial charge in [0.15, 0.2) is 0 Å². The Hall–Kier alpha value is -2.86. The van der Waals surface area contributed by atoms with Gasteiger partial charge in [-0.15, -0.1) is 0 Å². The third-order valence-corrected chi connectivity index (χ3v) is 6.17.